The van der Waals surface area contributed by atoms with Gasteiger partial charge in [0.05, 0.1) is 12.3 Å². The monoisotopic (exact) mass is 361 g/mol. The predicted molar refractivity (Wildman–Crippen MR) is 116 cm³/mol. The molecule has 0 saturated carbocycles. The molecule has 0 radical (unpaired) electrons. The molecule has 0 unspecified atom stereocenters. The Morgan fingerprint density at radius 3 is 1.69 bits per heavy atom. The normalized spacial score (nSPS) is 10.8. The van der Waals surface area contributed by atoms with E-state index in [2.05, 4.69) is 24.4 Å². The number of hydrogen-bond donors (Lipinski definition) is 1. The summed E-state index contributed by atoms with van der Waals surface area (Å²) < 4.78 is 5.65. The van der Waals surface area contributed by atoms with Crippen molar-refractivity contribution in [2.75, 3.05) is 18.5 Å². The van der Waals surface area contributed by atoms with E-state index in [1.165, 1.54) is 89.9 Å². The van der Waals surface area contributed by atoms with E-state index in [1.807, 2.05) is 19.1 Å². The lowest BCUT2D eigenvalue weighted by molar-refractivity contribution is 0.341. The highest BCUT2D eigenvalue weighted by Gasteiger charge is 2.00. The Labute approximate surface area is 163 Å². The van der Waals surface area contributed by atoms with Crippen LogP contribution in [-0.2, 0) is 0 Å². The second-order valence-corrected chi connectivity index (χ2v) is 7.45. The number of unbranched alkanes of at least 4 members (excludes halogenated alkanes) is 13. The van der Waals surface area contributed by atoms with Crippen molar-refractivity contribution in [3.63, 3.8) is 0 Å². The number of rotatable bonds is 18. The Hall–Kier alpha value is -1.18. The molecule has 0 spiro atoms. The van der Waals surface area contributed by atoms with Crippen LogP contribution in [0.3, 0.4) is 0 Å². The van der Waals surface area contributed by atoms with Crippen LogP contribution in [0.1, 0.15) is 104 Å². The Kier molecular flexibility index (Phi) is 15.2. The molecule has 0 atom stereocenters. The Morgan fingerprint density at radius 1 is 0.654 bits per heavy atom. The lowest BCUT2D eigenvalue weighted by Crippen LogP contribution is -2.04. The van der Waals surface area contributed by atoms with Gasteiger partial charge < -0.3 is 10.1 Å². The Morgan fingerprint density at radius 2 is 1.15 bits per heavy atom. The number of anilines is 1. The summed E-state index contributed by atoms with van der Waals surface area (Å²) in [5.41, 5.74) is 1.13. The van der Waals surface area contributed by atoms with Gasteiger partial charge in [-0.2, -0.15) is 0 Å². The predicted octanol–water partition coefficient (Wildman–Crippen LogP) is 7.98. The van der Waals surface area contributed by atoms with Crippen LogP contribution in [0, 0.1) is 0 Å². The quantitative estimate of drug-likeness (QED) is 0.268. The van der Waals surface area contributed by atoms with Crippen molar-refractivity contribution in [1.82, 2.24) is 0 Å². The average Bonchev–Trinajstić information content (AvgIpc) is 2.66. The molecule has 2 heteroatoms. The number of hydrogen-bond acceptors (Lipinski definition) is 2. The van der Waals surface area contributed by atoms with E-state index in [4.69, 9.17) is 4.74 Å². The van der Waals surface area contributed by atoms with Gasteiger partial charge >= 0.3 is 0 Å². The van der Waals surface area contributed by atoms with Crippen LogP contribution in [0.5, 0.6) is 5.75 Å². The van der Waals surface area contributed by atoms with Gasteiger partial charge in [0, 0.05) is 6.54 Å². The maximum Gasteiger partial charge on any atom is 0.142 e. The SMILES string of the molecule is CCCCCCCCCCCCCCCCNc1ccccc1OCC. The zero-order valence-corrected chi connectivity index (χ0v) is 17.5. The van der Waals surface area contributed by atoms with Crippen molar-refractivity contribution in [3.05, 3.63) is 24.3 Å². The highest BCUT2D eigenvalue weighted by atomic mass is 16.5. The molecular formula is C24H43NO. The van der Waals surface area contributed by atoms with Gasteiger partial charge in [-0.05, 0) is 25.5 Å². The fourth-order valence-corrected chi connectivity index (χ4v) is 3.44. The van der Waals surface area contributed by atoms with Gasteiger partial charge in [-0.15, -0.1) is 0 Å². The molecule has 1 aromatic rings. The topological polar surface area (TPSA) is 21.3 Å². The van der Waals surface area contributed by atoms with E-state index in [0.717, 1.165) is 24.6 Å². The molecule has 0 aromatic heterocycles. The van der Waals surface area contributed by atoms with Gasteiger partial charge in [0.1, 0.15) is 5.75 Å². The van der Waals surface area contributed by atoms with Gasteiger partial charge in [0.25, 0.3) is 0 Å². The summed E-state index contributed by atoms with van der Waals surface area (Å²) in [6.07, 6.45) is 19.7. The molecule has 0 amide bonds. The van der Waals surface area contributed by atoms with Crippen LogP contribution < -0.4 is 10.1 Å². The molecular weight excluding hydrogens is 318 g/mol. The van der Waals surface area contributed by atoms with Crippen LogP contribution in [0.4, 0.5) is 5.69 Å². The second-order valence-electron chi connectivity index (χ2n) is 7.45. The van der Waals surface area contributed by atoms with Crippen molar-refractivity contribution in [2.24, 2.45) is 0 Å². The lowest BCUT2D eigenvalue weighted by Gasteiger charge is -2.12. The Balaban J connectivity index is 1.85. The maximum atomic E-state index is 5.65. The maximum absolute atomic E-state index is 5.65. The minimum Gasteiger partial charge on any atom is -0.492 e. The van der Waals surface area contributed by atoms with E-state index >= 15 is 0 Å². The smallest absolute Gasteiger partial charge is 0.142 e. The molecule has 0 fully saturated rings. The molecule has 1 N–H and O–H groups in total. The van der Waals surface area contributed by atoms with Crippen molar-refractivity contribution in [2.45, 2.75) is 104 Å². The van der Waals surface area contributed by atoms with E-state index in [9.17, 15) is 0 Å². The molecule has 0 heterocycles. The molecule has 0 bridgehead atoms. The van der Waals surface area contributed by atoms with Gasteiger partial charge in [0.2, 0.25) is 0 Å². The fraction of sp³-hybridized carbons (Fsp3) is 0.750. The molecule has 0 saturated heterocycles. The van der Waals surface area contributed by atoms with Crippen LogP contribution in [-0.4, -0.2) is 13.2 Å². The van der Waals surface area contributed by atoms with E-state index in [-0.39, 0.29) is 0 Å². The van der Waals surface area contributed by atoms with Gasteiger partial charge in [-0.3, -0.25) is 0 Å². The van der Waals surface area contributed by atoms with Gasteiger partial charge in [-0.1, -0.05) is 103 Å². The summed E-state index contributed by atoms with van der Waals surface area (Å²) in [6.45, 7) is 6.09. The molecule has 0 aliphatic heterocycles. The average molecular weight is 362 g/mol. The highest BCUT2D eigenvalue weighted by Crippen LogP contribution is 2.23. The summed E-state index contributed by atoms with van der Waals surface area (Å²) in [7, 11) is 0. The first-order valence-corrected chi connectivity index (χ1v) is 11.3. The summed E-state index contributed by atoms with van der Waals surface area (Å²) in [5.74, 6) is 0.973. The number of nitrogens with one attached hydrogen (secondary N) is 1. The largest absolute Gasteiger partial charge is 0.492 e. The van der Waals surface area contributed by atoms with Crippen LogP contribution in [0.25, 0.3) is 0 Å². The third kappa shape index (κ3) is 12.2. The minimum atomic E-state index is 0.720. The summed E-state index contributed by atoms with van der Waals surface area (Å²) in [5, 5.41) is 3.52. The lowest BCUT2D eigenvalue weighted by atomic mass is 10.0. The number of benzene rings is 1. The third-order valence-corrected chi connectivity index (χ3v) is 5.03. The van der Waals surface area contributed by atoms with E-state index < -0.39 is 0 Å². The molecule has 1 aromatic carbocycles. The summed E-state index contributed by atoms with van der Waals surface area (Å²) >= 11 is 0. The van der Waals surface area contributed by atoms with E-state index in [0.29, 0.717) is 0 Å². The van der Waals surface area contributed by atoms with Crippen molar-refractivity contribution in [1.29, 1.82) is 0 Å². The third-order valence-electron chi connectivity index (χ3n) is 5.03. The first kappa shape index (κ1) is 22.9. The van der Waals surface area contributed by atoms with Gasteiger partial charge in [-0.25, -0.2) is 0 Å². The van der Waals surface area contributed by atoms with Crippen molar-refractivity contribution in [3.8, 4) is 5.75 Å². The fourth-order valence-electron chi connectivity index (χ4n) is 3.44. The Bertz CT molecular complexity index is 418. The van der Waals surface area contributed by atoms with Crippen LogP contribution >= 0.6 is 0 Å². The minimum absolute atomic E-state index is 0.720. The van der Waals surface area contributed by atoms with Crippen molar-refractivity contribution >= 4 is 5.69 Å². The number of ether oxygens (including phenoxy) is 1. The zero-order chi connectivity index (χ0) is 18.7. The molecule has 1 rings (SSSR count). The molecule has 26 heavy (non-hydrogen) atoms. The van der Waals surface area contributed by atoms with Gasteiger partial charge in [0.15, 0.2) is 0 Å². The van der Waals surface area contributed by atoms with E-state index in [1.54, 1.807) is 0 Å². The van der Waals surface area contributed by atoms with Crippen molar-refractivity contribution < 1.29 is 4.74 Å². The first-order chi connectivity index (χ1) is 12.9. The standard InChI is InChI=1S/C24H43NO/c1-3-5-6-7-8-9-10-11-12-13-14-15-16-19-22-25-23-20-17-18-21-24(23)26-4-2/h17-18,20-21,25H,3-16,19,22H2,1-2H3. The molecule has 150 valence electrons. The molecule has 0 aliphatic rings. The first-order valence-electron chi connectivity index (χ1n) is 11.3. The highest BCUT2D eigenvalue weighted by molar-refractivity contribution is 5.56. The summed E-state index contributed by atoms with van der Waals surface area (Å²) in [4.78, 5) is 0. The van der Waals surface area contributed by atoms with Crippen LogP contribution in [0.15, 0.2) is 24.3 Å². The number of para-hydroxylation sites is 2. The zero-order valence-electron chi connectivity index (χ0n) is 17.5. The molecule has 0 aliphatic carbocycles. The van der Waals surface area contributed by atoms with Crippen LogP contribution in [0.2, 0.25) is 0 Å². The summed E-state index contributed by atoms with van der Waals surface area (Å²) in [6, 6.07) is 8.24. The second kappa shape index (κ2) is 17.2. The molecule has 2 nitrogen and oxygen atoms in total.